The SMILES string of the molecule is CC12CCC(N)CC1=CCC1C2CCC2(C)C1CCC2C(O)S(=O)[O-]. The predicted molar refractivity (Wildman–Crippen MR) is 98.1 cm³/mol. The van der Waals surface area contributed by atoms with Crippen molar-refractivity contribution < 1.29 is 13.9 Å². The van der Waals surface area contributed by atoms with E-state index in [9.17, 15) is 13.9 Å². The first kappa shape index (κ1) is 18.1. The quantitative estimate of drug-likeness (QED) is 0.581. The number of aliphatic hydroxyl groups excluding tert-OH is 1. The topological polar surface area (TPSA) is 86.4 Å². The number of nitrogens with two attached hydrogens (primary N) is 1. The molecule has 0 saturated heterocycles. The van der Waals surface area contributed by atoms with Gasteiger partial charge in [0.2, 0.25) is 0 Å². The summed E-state index contributed by atoms with van der Waals surface area (Å²) < 4.78 is 22.8. The molecule has 4 aliphatic rings. The van der Waals surface area contributed by atoms with E-state index in [-0.39, 0.29) is 16.7 Å². The molecule has 3 saturated carbocycles. The van der Waals surface area contributed by atoms with Crippen LogP contribution in [0.4, 0.5) is 0 Å². The summed E-state index contributed by atoms with van der Waals surface area (Å²) in [5.74, 6) is 1.78. The van der Waals surface area contributed by atoms with Crippen LogP contribution in [0.2, 0.25) is 0 Å². The van der Waals surface area contributed by atoms with Gasteiger partial charge in [0.15, 0.2) is 0 Å². The second-order valence-electron chi connectivity index (χ2n) is 9.64. The number of rotatable bonds is 2. The maximum Gasteiger partial charge on any atom is 0.119 e. The van der Waals surface area contributed by atoms with Crippen LogP contribution in [0.15, 0.2) is 11.6 Å². The molecule has 142 valence electrons. The van der Waals surface area contributed by atoms with Gasteiger partial charge in [-0.15, -0.1) is 0 Å². The largest absolute Gasteiger partial charge is 0.770 e. The molecule has 25 heavy (non-hydrogen) atoms. The molecule has 4 nitrogen and oxygen atoms in total. The number of allylic oxidation sites excluding steroid dienone is 1. The molecule has 0 radical (unpaired) electrons. The molecule has 3 N–H and O–H groups in total. The maximum atomic E-state index is 11.4. The molecule has 0 spiro atoms. The number of fused-ring (bicyclic) bond motifs is 5. The third-order valence-electron chi connectivity index (χ3n) is 8.76. The van der Waals surface area contributed by atoms with E-state index >= 15 is 0 Å². The molecule has 5 heteroatoms. The first-order chi connectivity index (χ1) is 11.8. The Morgan fingerprint density at radius 2 is 2.00 bits per heavy atom. The number of hydrogen-bond donors (Lipinski definition) is 2. The van der Waals surface area contributed by atoms with Crippen molar-refractivity contribution in [3.63, 3.8) is 0 Å². The Morgan fingerprint density at radius 1 is 1.24 bits per heavy atom. The summed E-state index contributed by atoms with van der Waals surface area (Å²) in [4.78, 5) is 0. The van der Waals surface area contributed by atoms with E-state index in [0.717, 1.165) is 44.9 Å². The molecule has 4 rings (SSSR count). The molecule has 0 aliphatic heterocycles. The minimum atomic E-state index is -2.39. The van der Waals surface area contributed by atoms with Gasteiger partial charge in [-0.3, -0.25) is 4.21 Å². The zero-order valence-electron chi connectivity index (χ0n) is 15.4. The Morgan fingerprint density at radius 3 is 2.72 bits per heavy atom. The van der Waals surface area contributed by atoms with E-state index < -0.39 is 16.5 Å². The van der Waals surface area contributed by atoms with Crippen LogP contribution in [0, 0.1) is 34.5 Å². The number of aliphatic hydroxyl groups is 1. The summed E-state index contributed by atoms with van der Waals surface area (Å²) in [5, 5.41) is 10.3. The van der Waals surface area contributed by atoms with Crippen LogP contribution in [0.5, 0.6) is 0 Å². The molecule has 3 fully saturated rings. The van der Waals surface area contributed by atoms with Crippen LogP contribution in [0.1, 0.15) is 65.2 Å². The Balaban J connectivity index is 1.63. The minimum Gasteiger partial charge on any atom is -0.770 e. The summed E-state index contributed by atoms with van der Waals surface area (Å²) in [6.45, 7) is 4.71. The summed E-state index contributed by atoms with van der Waals surface area (Å²) >= 11 is -2.39. The smallest absolute Gasteiger partial charge is 0.119 e. The first-order valence-electron chi connectivity index (χ1n) is 9.98. The monoisotopic (exact) mass is 366 g/mol. The highest BCUT2D eigenvalue weighted by Gasteiger charge is 2.59. The van der Waals surface area contributed by atoms with Crippen molar-refractivity contribution in [3.05, 3.63) is 11.6 Å². The van der Waals surface area contributed by atoms with Gasteiger partial charge in [-0.2, -0.15) is 0 Å². The van der Waals surface area contributed by atoms with Crippen molar-refractivity contribution in [2.24, 2.45) is 40.2 Å². The highest BCUT2D eigenvalue weighted by molar-refractivity contribution is 7.79. The molecule has 0 aromatic carbocycles. The molecule has 4 aliphatic carbocycles. The fourth-order valence-electron chi connectivity index (χ4n) is 7.33. The normalized spacial score (nSPS) is 51.7. The third kappa shape index (κ3) is 2.60. The zero-order valence-corrected chi connectivity index (χ0v) is 16.3. The Kier molecular flexibility index (Phi) is 4.46. The Labute approximate surface area is 153 Å². The van der Waals surface area contributed by atoms with Crippen LogP contribution in [0.3, 0.4) is 0 Å². The second-order valence-corrected chi connectivity index (χ2v) is 10.6. The average molecular weight is 367 g/mol. The van der Waals surface area contributed by atoms with E-state index in [4.69, 9.17) is 5.73 Å². The second kappa shape index (κ2) is 6.15. The molecule has 9 atom stereocenters. The molecular weight excluding hydrogens is 334 g/mol. The van der Waals surface area contributed by atoms with Gasteiger partial charge < -0.3 is 15.4 Å². The lowest BCUT2D eigenvalue weighted by molar-refractivity contribution is -0.0547. The van der Waals surface area contributed by atoms with E-state index in [2.05, 4.69) is 19.9 Å². The van der Waals surface area contributed by atoms with E-state index in [1.165, 1.54) is 6.42 Å². The molecule has 0 heterocycles. The summed E-state index contributed by atoms with van der Waals surface area (Å²) in [7, 11) is 0. The zero-order chi connectivity index (χ0) is 18.0. The van der Waals surface area contributed by atoms with Crippen molar-refractivity contribution in [1.29, 1.82) is 0 Å². The van der Waals surface area contributed by atoms with Crippen molar-refractivity contribution in [2.75, 3.05) is 0 Å². The molecule has 0 aromatic rings. The fourth-order valence-corrected chi connectivity index (χ4v) is 8.05. The lowest BCUT2D eigenvalue weighted by atomic mass is 9.47. The van der Waals surface area contributed by atoms with Crippen molar-refractivity contribution >= 4 is 11.1 Å². The van der Waals surface area contributed by atoms with Gasteiger partial charge >= 0.3 is 0 Å². The Bertz CT molecular complexity index is 608. The minimum absolute atomic E-state index is 0.0343. The van der Waals surface area contributed by atoms with Crippen LogP contribution in [0.25, 0.3) is 0 Å². The average Bonchev–Trinajstić information content (AvgIpc) is 2.92. The first-order valence-corrected chi connectivity index (χ1v) is 11.1. The standard InChI is InChI=1S/C20H33NO3S/c1-19-9-7-13(21)11-12(19)3-4-14-15-5-6-17(18(22)25(23)24)20(15,2)10-8-16(14)19/h3,13-18,22H,4-11,21H2,1-2H3,(H,23,24)/p-1. The van der Waals surface area contributed by atoms with Gasteiger partial charge in [0.25, 0.3) is 0 Å². The molecular formula is C20H32NO3S-. The lowest BCUT2D eigenvalue weighted by Crippen LogP contribution is -2.52. The van der Waals surface area contributed by atoms with Crippen molar-refractivity contribution in [2.45, 2.75) is 76.7 Å². The molecule has 9 unspecified atom stereocenters. The maximum absolute atomic E-state index is 11.4. The fraction of sp³-hybridized carbons (Fsp3) is 0.900. The predicted octanol–water partition coefficient (Wildman–Crippen LogP) is 3.09. The van der Waals surface area contributed by atoms with E-state index in [0.29, 0.717) is 23.8 Å². The molecule has 0 aromatic heterocycles. The summed E-state index contributed by atoms with van der Waals surface area (Å²) in [6.07, 6.45) is 11.1. The van der Waals surface area contributed by atoms with Crippen LogP contribution in [-0.4, -0.2) is 25.3 Å². The van der Waals surface area contributed by atoms with Gasteiger partial charge in [0.1, 0.15) is 5.44 Å². The van der Waals surface area contributed by atoms with Gasteiger partial charge in [-0.25, -0.2) is 0 Å². The van der Waals surface area contributed by atoms with Gasteiger partial charge in [0.05, 0.1) is 0 Å². The summed E-state index contributed by atoms with van der Waals surface area (Å²) in [6, 6.07) is 0.322. The van der Waals surface area contributed by atoms with E-state index in [1.807, 2.05) is 0 Å². The summed E-state index contributed by atoms with van der Waals surface area (Å²) in [5.41, 5.74) is 6.87. The van der Waals surface area contributed by atoms with E-state index in [1.54, 1.807) is 5.57 Å². The highest BCUT2D eigenvalue weighted by Crippen LogP contribution is 2.66. The number of hydrogen-bond acceptors (Lipinski definition) is 4. The van der Waals surface area contributed by atoms with Crippen LogP contribution >= 0.6 is 0 Å². The lowest BCUT2D eigenvalue weighted by Gasteiger charge is -2.58. The van der Waals surface area contributed by atoms with Crippen molar-refractivity contribution in [3.8, 4) is 0 Å². The Hall–Kier alpha value is -0.230. The highest BCUT2D eigenvalue weighted by atomic mass is 32.2. The van der Waals surface area contributed by atoms with Gasteiger partial charge in [-0.1, -0.05) is 25.5 Å². The van der Waals surface area contributed by atoms with Crippen molar-refractivity contribution in [1.82, 2.24) is 0 Å². The van der Waals surface area contributed by atoms with Gasteiger partial charge in [-0.05, 0) is 91.0 Å². The van der Waals surface area contributed by atoms with Crippen LogP contribution in [-0.2, 0) is 11.1 Å². The molecule has 0 bridgehead atoms. The van der Waals surface area contributed by atoms with Crippen LogP contribution < -0.4 is 5.73 Å². The van der Waals surface area contributed by atoms with Gasteiger partial charge in [0, 0.05) is 12.0 Å². The third-order valence-corrected chi connectivity index (χ3v) is 9.48. The molecule has 0 amide bonds.